The van der Waals surface area contributed by atoms with Crippen LogP contribution in [0, 0.1) is 0 Å². The first-order chi connectivity index (χ1) is 30.7. The van der Waals surface area contributed by atoms with Crippen LogP contribution in [0.25, 0.3) is 107 Å². The molecular formula is C55H37N7. The van der Waals surface area contributed by atoms with Gasteiger partial charge in [0.25, 0.3) is 0 Å². The first-order valence-corrected chi connectivity index (χ1v) is 21.0. The summed E-state index contributed by atoms with van der Waals surface area (Å²) in [7, 11) is 0. The van der Waals surface area contributed by atoms with Crippen molar-refractivity contribution in [1.29, 1.82) is 0 Å². The van der Waals surface area contributed by atoms with Gasteiger partial charge in [0, 0.05) is 51.2 Å². The molecule has 5 aromatic heterocycles. The van der Waals surface area contributed by atoms with Crippen LogP contribution in [-0.4, -0.2) is 34.1 Å². The minimum atomic E-state index is 0.499. The molecule has 7 heteroatoms. The van der Waals surface area contributed by atoms with E-state index in [2.05, 4.69) is 165 Å². The maximum absolute atomic E-state index is 4.91. The van der Waals surface area contributed by atoms with E-state index in [9.17, 15) is 0 Å². The molecule has 0 atom stereocenters. The van der Waals surface area contributed by atoms with Gasteiger partial charge in [-0.15, -0.1) is 0 Å². The first kappa shape index (κ1) is 35.6. The first-order valence-electron chi connectivity index (χ1n) is 21.0. The molecule has 292 valence electrons. The minimum absolute atomic E-state index is 0.499. The number of hydrogen-bond acceptors (Lipinski definition) is 5. The van der Waals surface area contributed by atoms with E-state index in [1.807, 2.05) is 42.5 Å². The second-order valence-electron chi connectivity index (χ2n) is 15.7. The summed E-state index contributed by atoms with van der Waals surface area (Å²) < 4.78 is 4.80. The molecule has 0 N–H and O–H groups in total. The Morgan fingerprint density at radius 1 is 0.387 bits per heavy atom. The Morgan fingerprint density at radius 3 is 1.79 bits per heavy atom. The third-order valence-corrected chi connectivity index (χ3v) is 12.0. The number of fused-ring (bicyclic) bond motifs is 6. The molecule has 0 unspecified atom stereocenters. The molecular weight excluding hydrogens is 759 g/mol. The van der Waals surface area contributed by atoms with Crippen molar-refractivity contribution in [3.63, 3.8) is 0 Å². The van der Waals surface area contributed by atoms with Gasteiger partial charge in [-0.1, -0.05) is 103 Å². The summed E-state index contributed by atoms with van der Waals surface area (Å²) in [6, 6.07) is 62.0. The number of pyridine rings is 2. The quantitative estimate of drug-likeness (QED) is 0.161. The third-order valence-electron chi connectivity index (χ3n) is 12.0. The number of aryl methyl sites for hydroxylation is 1. The van der Waals surface area contributed by atoms with Crippen molar-refractivity contribution in [3.05, 3.63) is 206 Å². The van der Waals surface area contributed by atoms with Crippen LogP contribution in [0.4, 0.5) is 0 Å². The molecule has 0 bridgehead atoms. The van der Waals surface area contributed by atoms with E-state index in [0.717, 1.165) is 46.3 Å². The van der Waals surface area contributed by atoms with Crippen LogP contribution in [0.15, 0.2) is 194 Å². The van der Waals surface area contributed by atoms with Crippen molar-refractivity contribution in [2.75, 3.05) is 0 Å². The standard InChI is InChI=1S/C55H37N7/c1-2-15-41(16-3-1)62-49-21-6-4-17-43(49)45-29-25-39(35-52(45)62)36-23-27-42(28-24-36)61-50-22-7-5-18-44(50)46-34-38(26-30-51(46)61)37-13-12-14-40(33-37)53-58-54(47-19-8-10-31-56-47)60-55(59-53)48-20-9-11-32-57-48/h1-3,5-16,18-35H,4,17H2. The van der Waals surface area contributed by atoms with Crippen LogP contribution in [-0.2, 0) is 6.42 Å². The van der Waals surface area contributed by atoms with Gasteiger partial charge in [-0.3, -0.25) is 9.97 Å². The highest BCUT2D eigenvalue weighted by Gasteiger charge is 2.20. The molecule has 7 nitrogen and oxygen atoms in total. The highest BCUT2D eigenvalue weighted by molar-refractivity contribution is 6.10. The molecule has 6 aromatic carbocycles. The summed E-state index contributed by atoms with van der Waals surface area (Å²) in [6.45, 7) is 0. The van der Waals surface area contributed by atoms with Crippen LogP contribution < -0.4 is 0 Å². The Balaban J connectivity index is 0.917. The highest BCUT2D eigenvalue weighted by atomic mass is 15.1. The second-order valence-corrected chi connectivity index (χ2v) is 15.7. The van der Waals surface area contributed by atoms with E-state index in [-0.39, 0.29) is 0 Å². The molecule has 0 radical (unpaired) electrons. The average molecular weight is 796 g/mol. The van der Waals surface area contributed by atoms with Gasteiger partial charge in [-0.2, -0.15) is 0 Å². The zero-order valence-electron chi connectivity index (χ0n) is 33.6. The zero-order valence-corrected chi connectivity index (χ0v) is 33.6. The van der Waals surface area contributed by atoms with Crippen molar-refractivity contribution in [2.24, 2.45) is 0 Å². The monoisotopic (exact) mass is 795 g/mol. The summed E-state index contributed by atoms with van der Waals surface area (Å²) in [5, 5.41) is 3.72. The topological polar surface area (TPSA) is 74.3 Å². The van der Waals surface area contributed by atoms with Crippen LogP contribution in [0.5, 0.6) is 0 Å². The van der Waals surface area contributed by atoms with Gasteiger partial charge in [0.05, 0.1) is 16.6 Å². The lowest BCUT2D eigenvalue weighted by Crippen LogP contribution is -2.01. The van der Waals surface area contributed by atoms with Crippen LogP contribution in [0.3, 0.4) is 0 Å². The SMILES string of the molecule is C1=Cc2c(c3ccc(-c4ccc(-n5c6ccccc6c6cc(-c7cccc(-c8nc(-c9ccccn9)nc(-c9ccccn9)n8)c7)ccc65)cc4)cc3n2-c2ccccc2)CC1. The molecule has 0 aliphatic heterocycles. The number of rotatable bonds is 7. The number of aromatic nitrogens is 7. The molecule has 0 spiro atoms. The van der Waals surface area contributed by atoms with Crippen molar-refractivity contribution in [2.45, 2.75) is 12.8 Å². The molecule has 0 amide bonds. The summed E-state index contributed by atoms with van der Waals surface area (Å²) in [6.07, 6.45) is 10.2. The van der Waals surface area contributed by atoms with Crippen LogP contribution in [0.2, 0.25) is 0 Å². The van der Waals surface area contributed by atoms with Gasteiger partial charge in [0.2, 0.25) is 0 Å². The maximum atomic E-state index is 4.91. The largest absolute Gasteiger partial charge is 0.310 e. The molecule has 0 saturated heterocycles. The lowest BCUT2D eigenvalue weighted by atomic mass is 9.99. The van der Waals surface area contributed by atoms with Gasteiger partial charge in [-0.05, 0) is 126 Å². The predicted molar refractivity (Wildman–Crippen MR) is 251 cm³/mol. The number of benzene rings is 6. The summed E-state index contributed by atoms with van der Waals surface area (Å²) >= 11 is 0. The van der Waals surface area contributed by atoms with Crippen LogP contribution >= 0.6 is 0 Å². The zero-order chi connectivity index (χ0) is 41.0. The number of hydrogen-bond donors (Lipinski definition) is 0. The third kappa shape index (κ3) is 6.09. The van der Waals surface area contributed by atoms with E-state index >= 15 is 0 Å². The molecule has 5 heterocycles. The number of para-hydroxylation sites is 2. The van der Waals surface area contributed by atoms with Gasteiger partial charge >= 0.3 is 0 Å². The molecule has 11 aromatic rings. The Kier molecular flexibility index (Phi) is 8.49. The predicted octanol–water partition coefficient (Wildman–Crippen LogP) is 13.0. The van der Waals surface area contributed by atoms with Gasteiger partial charge in [-0.25, -0.2) is 15.0 Å². The Labute approximate surface area is 358 Å². The summed E-state index contributed by atoms with van der Waals surface area (Å²) in [5.74, 6) is 1.56. The summed E-state index contributed by atoms with van der Waals surface area (Å²) in [5.41, 5.74) is 15.4. The Bertz CT molecular complexity index is 3440. The van der Waals surface area contributed by atoms with Crippen molar-refractivity contribution in [1.82, 2.24) is 34.1 Å². The number of nitrogens with zero attached hydrogens (tertiary/aromatic N) is 7. The maximum Gasteiger partial charge on any atom is 0.182 e. The fourth-order valence-corrected chi connectivity index (χ4v) is 9.07. The lowest BCUT2D eigenvalue weighted by Gasteiger charge is -2.12. The van der Waals surface area contributed by atoms with E-state index in [0.29, 0.717) is 28.9 Å². The van der Waals surface area contributed by atoms with E-state index < -0.39 is 0 Å². The lowest BCUT2D eigenvalue weighted by molar-refractivity contribution is 0.967. The van der Waals surface area contributed by atoms with Gasteiger partial charge in [0.1, 0.15) is 11.4 Å². The van der Waals surface area contributed by atoms with Crippen molar-refractivity contribution in [3.8, 4) is 68.1 Å². The molecule has 1 aliphatic carbocycles. The molecule has 12 rings (SSSR count). The van der Waals surface area contributed by atoms with Gasteiger partial charge < -0.3 is 9.13 Å². The second kappa shape index (κ2) is 14.8. The minimum Gasteiger partial charge on any atom is -0.310 e. The highest BCUT2D eigenvalue weighted by Crippen LogP contribution is 2.39. The normalized spacial score (nSPS) is 12.3. The van der Waals surface area contributed by atoms with Crippen molar-refractivity contribution < 1.29 is 0 Å². The molecule has 62 heavy (non-hydrogen) atoms. The van der Waals surface area contributed by atoms with E-state index in [1.54, 1.807) is 12.4 Å². The van der Waals surface area contributed by atoms with Crippen LogP contribution in [0.1, 0.15) is 17.7 Å². The Hall–Kier alpha value is -8.29. The van der Waals surface area contributed by atoms with E-state index in [1.165, 1.54) is 49.7 Å². The smallest absolute Gasteiger partial charge is 0.182 e. The van der Waals surface area contributed by atoms with E-state index in [4.69, 9.17) is 15.0 Å². The van der Waals surface area contributed by atoms with Crippen molar-refractivity contribution >= 4 is 38.8 Å². The Morgan fingerprint density at radius 2 is 1.02 bits per heavy atom. The average Bonchev–Trinajstić information content (AvgIpc) is 3.87. The fraction of sp³-hybridized carbons (Fsp3) is 0.0364. The molecule has 1 aliphatic rings. The fourth-order valence-electron chi connectivity index (χ4n) is 9.07. The summed E-state index contributed by atoms with van der Waals surface area (Å²) in [4.78, 5) is 23.7. The molecule has 0 fully saturated rings. The number of allylic oxidation sites excluding steroid dienone is 1. The van der Waals surface area contributed by atoms with Gasteiger partial charge in [0.15, 0.2) is 17.5 Å². The molecule has 0 saturated carbocycles.